The molecule has 0 saturated heterocycles. The highest BCUT2D eigenvalue weighted by Gasteiger charge is 2.26. The highest BCUT2D eigenvalue weighted by Crippen LogP contribution is 2.38. The molecule has 0 bridgehead atoms. The number of anilines is 1. The number of carbonyl (C=O) groups is 2. The second kappa shape index (κ2) is 10.1. The molecule has 0 unspecified atom stereocenters. The number of rotatable bonds is 8. The zero-order valence-corrected chi connectivity index (χ0v) is 17.4. The van der Waals surface area contributed by atoms with Crippen molar-refractivity contribution in [2.24, 2.45) is 0 Å². The predicted molar refractivity (Wildman–Crippen MR) is 113 cm³/mol. The third kappa shape index (κ3) is 5.36. The first kappa shape index (κ1) is 20.9. The average Bonchev–Trinajstić information content (AvgIpc) is 3.10. The summed E-state index contributed by atoms with van der Waals surface area (Å²) in [5, 5.41) is 15.3. The molecule has 0 spiro atoms. The first-order valence-corrected chi connectivity index (χ1v) is 10.8. The lowest BCUT2D eigenvalue weighted by Crippen LogP contribution is -2.27. The van der Waals surface area contributed by atoms with E-state index in [2.05, 4.69) is 17.6 Å². The summed E-state index contributed by atoms with van der Waals surface area (Å²) in [4.78, 5) is 26.4. The first-order chi connectivity index (χ1) is 14.1. The zero-order valence-electron chi connectivity index (χ0n) is 16.5. The van der Waals surface area contributed by atoms with Crippen molar-refractivity contribution in [1.82, 2.24) is 5.32 Å². The van der Waals surface area contributed by atoms with Gasteiger partial charge in [-0.2, -0.15) is 5.26 Å². The molecule has 29 heavy (non-hydrogen) atoms. The van der Waals surface area contributed by atoms with Gasteiger partial charge in [0.15, 0.2) is 6.61 Å². The van der Waals surface area contributed by atoms with Gasteiger partial charge in [0.2, 0.25) is 0 Å². The first-order valence-electron chi connectivity index (χ1n) is 9.98. The van der Waals surface area contributed by atoms with E-state index in [1.54, 1.807) is 24.3 Å². The number of thiophene rings is 1. The highest BCUT2D eigenvalue weighted by atomic mass is 32.1. The number of ether oxygens (including phenoxy) is 1. The molecule has 0 fully saturated rings. The summed E-state index contributed by atoms with van der Waals surface area (Å²) in [6.07, 6.45) is 5.94. The van der Waals surface area contributed by atoms with Crippen molar-refractivity contribution in [2.45, 2.75) is 45.4 Å². The van der Waals surface area contributed by atoms with Gasteiger partial charge in [0.25, 0.3) is 11.8 Å². The van der Waals surface area contributed by atoms with E-state index in [9.17, 15) is 9.59 Å². The van der Waals surface area contributed by atoms with Gasteiger partial charge in [0.1, 0.15) is 10.8 Å². The van der Waals surface area contributed by atoms with Gasteiger partial charge in [0, 0.05) is 11.4 Å². The molecule has 0 atom stereocenters. The lowest BCUT2D eigenvalue weighted by atomic mass is 9.95. The summed E-state index contributed by atoms with van der Waals surface area (Å²) in [6, 6.07) is 8.63. The number of nitrogens with one attached hydrogen (secondary N) is 2. The van der Waals surface area contributed by atoms with Crippen molar-refractivity contribution in [3.05, 3.63) is 45.8 Å². The number of benzene rings is 1. The number of hydrogen-bond donors (Lipinski definition) is 2. The van der Waals surface area contributed by atoms with Gasteiger partial charge < -0.3 is 15.4 Å². The van der Waals surface area contributed by atoms with E-state index in [-0.39, 0.29) is 18.4 Å². The van der Waals surface area contributed by atoms with E-state index in [1.165, 1.54) is 16.2 Å². The van der Waals surface area contributed by atoms with E-state index < -0.39 is 0 Å². The van der Waals surface area contributed by atoms with E-state index in [0.29, 0.717) is 28.4 Å². The Morgan fingerprint density at radius 2 is 1.97 bits per heavy atom. The molecule has 1 aliphatic rings. The van der Waals surface area contributed by atoms with Gasteiger partial charge in [-0.05, 0) is 61.9 Å². The number of nitriles is 1. The molecule has 2 aromatic rings. The van der Waals surface area contributed by atoms with Gasteiger partial charge in [-0.3, -0.25) is 9.59 Å². The average molecular weight is 412 g/mol. The van der Waals surface area contributed by atoms with Crippen molar-refractivity contribution < 1.29 is 14.3 Å². The van der Waals surface area contributed by atoms with Crippen molar-refractivity contribution in [3.8, 4) is 11.8 Å². The Morgan fingerprint density at radius 1 is 1.21 bits per heavy atom. The van der Waals surface area contributed by atoms with Crippen LogP contribution < -0.4 is 15.4 Å². The van der Waals surface area contributed by atoms with Crippen molar-refractivity contribution in [3.63, 3.8) is 0 Å². The Bertz CT molecular complexity index is 913. The Kier molecular flexibility index (Phi) is 7.25. The van der Waals surface area contributed by atoms with Crippen LogP contribution in [0.25, 0.3) is 0 Å². The largest absolute Gasteiger partial charge is 0.484 e. The molecule has 7 heteroatoms. The molecule has 152 valence electrons. The van der Waals surface area contributed by atoms with E-state index in [1.807, 2.05) is 6.07 Å². The van der Waals surface area contributed by atoms with Crippen LogP contribution in [0.4, 0.5) is 5.00 Å². The number of aryl methyl sites for hydroxylation is 1. The lowest BCUT2D eigenvalue weighted by molar-refractivity contribution is -0.118. The molecule has 1 aliphatic carbocycles. The van der Waals surface area contributed by atoms with Gasteiger partial charge in [-0.15, -0.1) is 11.3 Å². The second-order valence-electron chi connectivity index (χ2n) is 7.00. The minimum Gasteiger partial charge on any atom is -0.484 e. The molecule has 0 aliphatic heterocycles. The molecule has 0 saturated carbocycles. The van der Waals surface area contributed by atoms with Crippen LogP contribution >= 0.6 is 11.3 Å². The number of hydrogen-bond acceptors (Lipinski definition) is 5. The molecule has 0 radical (unpaired) electrons. The van der Waals surface area contributed by atoms with Gasteiger partial charge in [-0.25, -0.2) is 0 Å². The topological polar surface area (TPSA) is 91.2 Å². The smallest absolute Gasteiger partial charge is 0.262 e. The molecular weight excluding hydrogens is 386 g/mol. The Hall–Kier alpha value is -2.85. The Morgan fingerprint density at radius 3 is 2.69 bits per heavy atom. The van der Waals surface area contributed by atoms with Crippen molar-refractivity contribution >= 4 is 28.2 Å². The molecular formula is C22H25N3O3S. The molecule has 6 nitrogen and oxygen atoms in total. The van der Waals surface area contributed by atoms with Crippen LogP contribution in [-0.2, 0) is 17.6 Å². The van der Waals surface area contributed by atoms with Crippen molar-refractivity contribution in [1.29, 1.82) is 5.26 Å². The summed E-state index contributed by atoms with van der Waals surface area (Å²) in [7, 11) is 0. The molecule has 2 N–H and O–H groups in total. The number of fused-ring (bicyclic) bond motifs is 1. The Labute approximate surface area is 174 Å². The minimum absolute atomic E-state index is 0.110. The molecule has 1 aromatic carbocycles. The number of carbonyl (C=O) groups excluding carboxylic acids is 2. The maximum Gasteiger partial charge on any atom is 0.262 e. The fourth-order valence-electron chi connectivity index (χ4n) is 3.30. The molecule has 2 amide bonds. The van der Waals surface area contributed by atoms with Crippen LogP contribution in [-0.4, -0.2) is 25.0 Å². The maximum absolute atomic E-state index is 12.8. The summed E-state index contributed by atoms with van der Waals surface area (Å²) in [6.45, 7) is 2.55. The summed E-state index contributed by atoms with van der Waals surface area (Å²) in [5.74, 6) is 0.0962. The lowest BCUT2D eigenvalue weighted by Gasteiger charge is -2.13. The van der Waals surface area contributed by atoms with E-state index in [4.69, 9.17) is 10.00 Å². The molecule has 1 aromatic heterocycles. The molecule has 3 rings (SSSR count). The predicted octanol–water partition coefficient (Wildman–Crippen LogP) is 4.05. The number of unbranched alkanes of at least 4 members (excludes halogenated alkanes) is 1. The summed E-state index contributed by atoms with van der Waals surface area (Å²) in [5.41, 5.74) is 2.23. The van der Waals surface area contributed by atoms with Gasteiger partial charge in [-0.1, -0.05) is 13.3 Å². The van der Waals surface area contributed by atoms with Gasteiger partial charge >= 0.3 is 0 Å². The van der Waals surface area contributed by atoms with Crippen LogP contribution in [0, 0.1) is 11.3 Å². The highest BCUT2D eigenvalue weighted by molar-refractivity contribution is 7.17. The van der Waals surface area contributed by atoms with Crippen molar-refractivity contribution in [2.75, 3.05) is 18.5 Å². The fraction of sp³-hybridized carbons (Fsp3) is 0.409. The fourth-order valence-corrected chi connectivity index (χ4v) is 4.60. The normalized spacial score (nSPS) is 12.6. The monoisotopic (exact) mass is 411 g/mol. The van der Waals surface area contributed by atoms with Crippen LogP contribution in [0.5, 0.6) is 5.75 Å². The van der Waals surface area contributed by atoms with E-state index >= 15 is 0 Å². The standard InChI is InChI=1S/C22H25N3O3S/c1-2-3-12-24-21(27)20-17-6-4-5-7-18(17)29-22(20)25-19(26)14-28-16-10-8-15(13-23)9-11-16/h8-11H,2-7,12,14H2,1H3,(H,24,27)(H,25,26). The van der Waals surface area contributed by atoms with Gasteiger partial charge in [0.05, 0.1) is 17.2 Å². The quantitative estimate of drug-likeness (QED) is 0.641. The minimum atomic E-state index is -0.310. The summed E-state index contributed by atoms with van der Waals surface area (Å²) >= 11 is 1.50. The second-order valence-corrected chi connectivity index (χ2v) is 8.10. The third-order valence-corrected chi connectivity index (χ3v) is 6.03. The molecule has 1 heterocycles. The number of nitrogens with zero attached hydrogens (tertiary/aromatic N) is 1. The third-order valence-electron chi connectivity index (χ3n) is 4.82. The Balaban J connectivity index is 1.68. The zero-order chi connectivity index (χ0) is 20.6. The van der Waals surface area contributed by atoms with E-state index in [0.717, 1.165) is 44.1 Å². The SMILES string of the molecule is CCCCNC(=O)c1c(NC(=O)COc2ccc(C#N)cc2)sc2c1CCCC2. The summed E-state index contributed by atoms with van der Waals surface area (Å²) < 4.78 is 5.50. The van der Waals surface area contributed by atoms with Crippen LogP contribution in [0.3, 0.4) is 0 Å². The van der Waals surface area contributed by atoms with Crippen LogP contribution in [0.15, 0.2) is 24.3 Å². The van der Waals surface area contributed by atoms with Crippen LogP contribution in [0.2, 0.25) is 0 Å². The number of amides is 2. The maximum atomic E-state index is 12.8. The van der Waals surface area contributed by atoms with Crippen LogP contribution in [0.1, 0.15) is 59.0 Å².